The molecule has 0 saturated heterocycles. The number of ether oxygens (including phenoxy) is 1. The number of benzene rings is 1. The molecule has 3 N–H and O–H groups in total. The van der Waals surface area contributed by atoms with Crippen LogP contribution in [0.4, 0.5) is 0 Å². The van der Waals surface area contributed by atoms with E-state index >= 15 is 0 Å². The first-order chi connectivity index (χ1) is 16.4. The Morgan fingerprint density at radius 1 is 0.914 bits per heavy atom. The zero-order valence-electron chi connectivity index (χ0n) is 22.1. The van der Waals surface area contributed by atoms with E-state index in [2.05, 4.69) is 16.0 Å². The lowest BCUT2D eigenvalue weighted by atomic mass is 9.96. The molecule has 1 aliphatic carbocycles. The van der Waals surface area contributed by atoms with Gasteiger partial charge in [0.15, 0.2) is 5.78 Å². The molecule has 194 valence electrons. The van der Waals surface area contributed by atoms with Crippen molar-refractivity contribution in [1.82, 2.24) is 16.0 Å². The van der Waals surface area contributed by atoms with Gasteiger partial charge in [-0.1, -0.05) is 27.7 Å². The van der Waals surface area contributed by atoms with Crippen LogP contribution in [0.25, 0.3) is 0 Å². The number of fused-ring (bicyclic) bond motifs is 1. The van der Waals surface area contributed by atoms with Crippen molar-refractivity contribution >= 4 is 23.5 Å². The number of Topliss-reactive ketones (excluding diaryl/α,β-unsaturated/α-hetero) is 1. The topological polar surface area (TPSA) is 114 Å². The van der Waals surface area contributed by atoms with Gasteiger partial charge in [0.25, 0.3) is 0 Å². The fourth-order valence-corrected chi connectivity index (χ4v) is 4.43. The summed E-state index contributed by atoms with van der Waals surface area (Å²) in [5, 5.41) is 8.58. The minimum Gasteiger partial charge on any atom is -0.497 e. The monoisotopic (exact) mass is 487 g/mol. The lowest BCUT2D eigenvalue weighted by molar-refractivity contribution is -0.133. The van der Waals surface area contributed by atoms with E-state index in [4.69, 9.17) is 4.74 Å². The van der Waals surface area contributed by atoms with Gasteiger partial charge in [-0.3, -0.25) is 19.2 Å². The zero-order chi connectivity index (χ0) is 26.3. The average Bonchev–Trinajstić information content (AvgIpc) is 3.05. The van der Waals surface area contributed by atoms with Gasteiger partial charge in [-0.05, 0) is 62.3 Å². The van der Waals surface area contributed by atoms with Crippen LogP contribution in [0.2, 0.25) is 0 Å². The van der Waals surface area contributed by atoms with Gasteiger partial charge in [-0.15, -0.1) is 0 Å². The number of hydrogen-bond donors (Lipinski definition) is 3. The van der Waals surface area contributed by atoms with Crippen LogP contribution in [0.15, 0.2) is 18.2 Å². The molecule has 0 fully saturated rings. The smallest absolute Gasteiger partial charge is 0.243 e. The third-order valence-electron chi connectivity index (χ3n) is 5.99. The second kappa shape index (κ2) is 12.7. The van der Waals surface area contributed by atoms with Gasteiger partial charge in [-0.2, -0.15) is 0 Å². The summed E-state index contributed by atoms with van der Waals surface area (Å²) in [7, 11) is 1.56. The highest BCUT2D eigenvalue weighted by molar-refractivity contribution is 6.02. The molecule has 0 heterocycles. The summed E-state index contributed by atoms with van der Waals surface area (Å²) >= 11 is 0. The van der Waals surface area contributed by atoms with Crippen molar-refractivity contribution in [3.63, 3.8) is 0 Å². The van der Waals surface area contributed by atoms with Crippen LogP contribution in [0, 0.1) is 11.8 Å². The summed E-state index contributed by atoms with van der Waals surface area (Å²) in [6.07, 6.45) is 1.28. The highest BCUT2D eigenvalue weighted by Crippen LogP contribution is 2.37. The molecular formula is C27H41N3O5. The fourth-order valence-electron chi connectivity index (χ4n) is 4.43. The van der Waals surface area contributed by atoms with Crippen LogP contribution in [-0.4, -0.2) is 48.7 Å². The predicted molar refractivity (Wildman–Crippen MR) is 135 cm³/mol. The average molecular weight is 488 g/mol. The predicted octanol–water partition coefficient (Wildman–Crippen LogP) is 3.34. The number of methoxy groups -OCH3 is 1. The SMILES string of the molecule is COc1ccc2c(c1)C(CC(=O)N[C@@H](CC(C)C)C(=O)N[C@H](CC(C)C)C(=O)NC(C)C)CC2=O. The van der Waals surface area contributed by atoms with Crippen molar-refractivity contribution in [2.75, 3.05) is 7.11 Å². The third-order valence-corrected chi connectivity index (χ3v) is 5.99. The molecule has 1 aliphatic rings. The van der Waals surface area contributed by atoms with Crippen LogP contribution < -0.4 is 20.7 Å². The number of ketones is 1. The second-order valence-electron chi connectivity index (χ2n) is 10.6. The van der Waals surface area contributed by atoms with Gasteiger partial charge in [0.05, 0.1) is 7.11 Å². The van der Waals surface area contributed by atoms with E-state index in [9.17, 15) is 19.2 Å². The summed E-state index contributed by atoms with van der Waals surface area (Å²) in [6.45, 7) is 11.7. The van der Waals surface area contributed by atoms with E-state index in [1.54, 1.807) is 25.3 Å². The number of carbonyl (C=O) groups excluding carboxylic acids is 4. The molecule has 0 aromatic heterocycles. The molecule has 2 rings (SSSR count). The number of nitrogens with one attached hydrogen (secondary N) is 3. The maximum absolute atomic E-state index is 13.2. The minimum absolute atomic E-state index is 0.00428. The first-order valence-electron chi connectivity index (χ1n) is 12.5. The molecule has 0 bridgehead atoms. The van der Waals surface area contributed by atoms with Crippen molar-refractivity contribution in [1.29, 1.82) is 0 Å². The number of carbonyl (C=O) groups is 4. The summed E-state index contributed by atoms with van der Waals surface area (Å²) in [5.74, 6) is -0.174. The minimum atomic E-state index is -0.772. The van der Waals surface area contributed by atoms with Crippen LogP contribution in [0.3, 0.4) is 0 Å². The highest BCUT2D eigenvalue weighted by atomic mass is 16.5. The number of rotatable bonds is 12. The summed E-state index contributed by atoms with van der Waals surface area (Å²) in [5.41, 5.74) is 1.42. The van der Waals surface area contributed by atoms with Crippen LogP contribution in [0.1, 0.15) is 89.1 Å². The molecule has 3 amide bonds. The molecule has 3 atom stereocenters. The Kier molecular flexibility index (Phi) is 10.3. The van der Waals surface area contributed by atoms with Crippen molar-refractivity contribution < 1.29 is 23.9 Å². The van der Waals surface area contributed by atoms with Crippen molar-refractivity contribution in [2.45, 2.75) is 91.3 Å². The second-order valence-corrected chi connectivity index (χ2v) is 10.6. The third kappa shape index (κ3) is 8.37. The summed E-state index contributed by atoms with van der Waals surface area (Å²) in [6, 6.07) is 3.79. The maximum atomic E-state index is 13.2. The summed E-state index contributed by atoms with van der Waals surface area (Å²) < 4.78 is 5.28. The normalized spacial score (nSPS) is 16.7. The highest BCUT2D eigenvalue weighted by Gasteiger charge is 2.33. The van der Waals surface area contributed by atoms with Gasteiger partial charge >= 0.3 is 0 Å². The molecule has 0 radical (unpaired) electrons. The Hall–Kier alpha value is -2.90. The summed E-state index contributed by atoms with van der Waals surface area (Å²) in [4.78, 5) is 51.3. The Labute approximate surface area is 208 Å². The Morgan fingerprint density at radius 3 is 2.03 bits per heavy atom. The lowest BCUT2D eigenvalue weighted by Gasteiger charge is -2.26. The molecule has 1 aromatic carbocycles. The number of hydrogen-bond acceptors (Lipinski definition) is 5. The molecule has 1 unspecified atom stereocenters. The molecule has 8 nitrogen and oxygen atoms in total. The van der Waals surface area contributed by atoms with Gasteiger partial charge in [0, 0.05) is 30.4 Å². The number of amides is 3. The van der Waals surface area contributed by atoms with E-state index < -0.39 is 12.1 Å². The van der Waals surface area contributed by atoms with Gasteiger partial charge in [0.2, 0.25) is 17.7 Å². The zero-order valence-corrected chi connectivity index (χ0v) is 22.1. The molecule has 0 saturated carbocycles. The Balaban J connectivity index is 2.12. The van der Waals surface area contributed by atoms with Crippen LogP contribution in [0.5, 0.6) is 5.75 Å². The molecule has 8 heteroatoms. The first kappa shape index (κ1) is 28.3. The fraction of sp³-hybridized carbons (Fsp3) is 0.630. The largest absolute Gasteiger partial charge is 0.497 e. The molecule has 0 spiro atoms. The standard InChI is InChI=1S/C27H41N3O5/c1-15(2)10-22(27(34)30-23(11-16(3)4)26(33)28-17(5)6)29-25(32)13-18-12-24(31)20-9-8-19(35-7)14-21(18)20/h8-9,14-18,22-23H,10-13H2,1-7H3,(H,28,33)(H,29,32)(H,30,34)/t18?,22-,23+/m0/s1. The molecule has 35 heavy (non-hydrogen) atoms. The van der Waals surface area contributed by atoms with Gasteiger partial charge in [0.1, 0.15) is 17.8 Å². The van der Waals surface area contributed by atoms with E-state index in [0.29, 0.717) is 24.2 Å². The van der Waals surface area contributed by atoms with Crippen molar-refractivity contribution in [3.8, 4) is 5.75 Å². The Bertz CT molecular complexity index is 925. The van der Waals surface area contributed by atoms with E-state index in [1.165, 1.54) is 0 Å². The quantitative estimate of drug-likeness (QED) is 0.418. The van der Waals surface area contributed by atoms with E-state index in [0.717, 1.165) is 5.56 Å². The van der Waals surface area contributed by atoms with Crippen molar-refractivity contribution in [3.05, 3.63) is 29.3 Å². The molecule has 0 aliphatic heterocycles. The molecule has 1 aromatic rings. The van der Waals surface area contributed by atoms with Crippen molar-refractivity contribution in [2.24, 2.45) is 11.8 Å². The van der Waals surface area contributed by atoms with E-state index in [1.807, 2.05) is 41.5 Å². The van der Waals surface area contributed by atoms with Gasteiger partial charge < -0.3 is 20.7 Å². The van der Waals surface area contributed by atoms with E-state index in [-0.39, 0.29) is 60.1 Å². The first-order valence-corrected chi connectivity index (χ1v) is 12.5. The van der Waals surface area contributed by atoms with Crippen LogP contribution in [-0.2, 0) is 14.4 Å². The van der Waals surface area contributed by atoms with Crippen LogP contribution >= 0.6 is 0 Å². The maximum Gasteiger partial charge on any atom is 0.243 e. The lowest BCUT2D eigenvalue weighted by Crippen LogP contribution is -2.55. The Morgan fingerprint density at radius 2 is 1.49 bits per heavy atom. The molecular weight excluding hydrogens is 446 g/mol. The van der Waals surface area contributed by atoms with Gasteiger partial charge in [-0.25, -0.2) is 0 Å².